The van der Waals surface area contributed by atoms with Crippen molar-refractivity contribution >= 4 is 17.7 Å². The number of carboxylic acid groups (broad SMARTS) is 1. The van der Waals surface area contributed by atoms with Gasteiger partial charge in [0.25, 0.3) is 5.78 Å². The molecule has 5 nitrogen and oxygen atoms in total. The number of rotatable bonds is 3. The van der Waals surface area contributed by atoms with Crippen LogP contribution in [0.2, 0.25) is 0 Å². The summed E-state index contributed by atoms with van der Waals surface area (Å²) < 4.78 is 67.8. The van der Waals surface area contributed by atoms with Crippen LogP contribution in [0.4, 0.5) is 26.3 Å². The topological polar surface area (TPSA) is 83.5 Å². The highest BCUT2D eigenvalue weighted by atomic mass is 19.4. The minimum atomic E-state index is -5.08. The third-order valence-corrected chi connectivity index (χ3v) is 1.83. The monoisotopic (exact) mass is 325 g/mol. The van der Waals surface area contributed by atoms with Crippen LogP contribution in [0.5, 0.6) is 0 Å². The van der Waals surface area contributed by atoms with Crippen molar-refractivity contribution in [2.45, 2.75) is 39.2 Å². The summed E-state index contributed by atoms with van der Waals surface area (Å²) in [5.41, 5.74) is 0. The van der Waals surface area contributed by atoms with Gasteiger partial charge in [0.05, 0.1) is 6.04 Å². The maximum absolute atomic E-state index is 12.0. The zero-order chi connectivity index (χ0) is 17.6. The van der Waals surface area contributed by atoms with E-state index < -0.39 is 42.0 Å². The van der Waals surface area contributed by atoms with Crippen LogP contribution in [0.15, 0.2) is 0 Å². The van der Waals surface area contributed by atoms with Gasteiger partial charge in [-0.05, 0) is 5.92 Å². The lowest BCUT2D eigenvalue weighted by atomic mass is 9.99. The Balaban J connectivity index is 0. The first-order chi connectivity index (χ1) is 9.10. The molecule has 1 unspecified atom stereocenters. The van der Waals surface area contributed by atoms with Crippen LogP contribution in [-0.4, -0.2) is 41.2 Å². The van der Waals surface area contributed by atoms with Crippen molar-refractivity contribution in [1.82, 2.24) is 5.32 Å². The number of hydrogen-bond acceptors (Lipinski definition) is 3. The number of Topliss-reactive ketones (excluding diaryl/α,β-unsaturated/α-hetero) is 1. The summed E-state index contributed by atoms with van der Waals surface area (Å²) in [6.07, 6.45) is -9.99. The summed E-state index contributed by atoms with van der Waals surface area (Å²) in [4.78, 5) is 30.3. The van der Waals surface area contributed by atoms with Crippen molar-refractivity contribution in [3.63, 3.8) is 0 Å². The molecular weight excluding hydrogens is 312 g/mol. The Labute approximate surface area is 115 Å². The third-order valence-electron chi connectivity index (χ3n) is 1.83. The summed E-state index contributed by atoms with van der Waals surface area (Å²) in [6.45, 7) is 3.94. The van der Waals surface area contributed by atoms with Gasteiger partial charge in [0, 0.05) is 6.92 Å². The number of carbonyl (C=O) groups is 3. The Morgan fingerprint density at radius 1 is 0.952 bits per heavy atom. The van der Waals surface area contributed by atoms with Gasteiger partial charge in [0.1, 0.15) is 0 Å². The SMILES string of the molecule is CC(=O)NC(C(=O)C(F)(F)F)C(C)C.O=C(O)C(F)(F)F. The second-order valence-electron chi connectivity index (χ2n) is 4.09. The molecule has 11 heteroatoms. The van der Waals surface area contributed by atoms with Crippen LogP contribution in [0, 0.1) is 5.92 Å². The highest BCUT2D eigenvalue weighted by Crippen LogP contribution is 2.20. The van der Waals surface area contributed by atoms with E-state index in [1.54, 1.807) is 0 Å². The minimum absolute atomic E-state index is 0.590. The molecule has 1 amide bonds. The fraction of sp³-hybridized carbons (Fsp3) is 0.700. The second-order valence-corrected chi connectivity index (χ2v) is 4.09. The van der Waals surface area contributed by atoms with Crippen molar-refractivity contribution in [1.29, 1.82) is 0 Å². The van der Waals surface area contributed by atoms with E-state index in [2.05, 4.69) is 0 Å². The van der Waals surface area contributed by atoms with Gasteiger partial charge < -0.3 is 10.4 Å². The van der Waals surface area contributed by atoms with Crippen LogP contribution < -0.4 is 5.32 Å². The number of alkyl halides is 6. The molecule has 0 fully saturated rings. The normalized spacial score (nSPS) is 13.0. The van der Waals surface area contributed by atoms with E-state index in [1.807, 2.05) is 5.32 Å². The van der Waals surface area contributed by atoms with Crippen molar-refractivity contribution in [3.8, 4) is 0 Å². The number of carboxylic acids is 1. The van der Waals surface area contributed by atoms with Crippen molar-refractivity contribution < 1.29 is 45.8 Å². The predicted octanol–water partition coefficient (Wildman–Crippen LogP) is 1.91. The molecule has 0 radical (unpaired) electrons. The molecule has 21 heavy (non-hydrogen) atoms. The molecule has 0 aromatic carbocycles. The highest BCUT2D eigenvalue weighted by Gasteiger charge is 2.44. The smallest absolute Gasteiger partial charge is 0.475 e. The van der Waals surface area contributed by atoms with E-state index in [4.69, 9.17) is 9.90 Å². The third kappa shape index (κ3) is 9.68. The highest BCUT2D eigenvalue weighted by molar-refractivity contribution is 5.92. The molecular formula is C10H13F6NO4. The Hall–Kier alpha value is -1.81. The van der Waals surface area contributed by atoms with Crippen LogP contribution >= 0.6 is 0 Å². The number of ketones is 1. The molecule has 0 saturated heterocycles. The van der Waals surface area contributed by atoms with Gasteiger partial charge in [-0.2, -0.15) is 26.3 Å². The zero-order valence-electron chi connectivity index (χ0n) is 11.1. The number of amides is 1. The van der Waals surface area contributed by atoms with Crippen LogP contribution in [-0.2, 0) is 14.4 Å². The molecule has 0 aromatic heterocycles. The van der Waals surface area contributed by atoms with E-state index in [0.717, 1.165) is 6.92 Å². The first-order valence-electron chi connectivity index (χ1n) is 5.29. The molecule has 124 valence electrons. The summed E-state index contributed by atoms with van der Waals surface area (Å²) in [5.74, 6) is -5.91. The molecule has 0 saturated carbocycles. The van der Waals surface area contributed by atoms with Gasteiger partial charge in [0.2, 0.25) is 5.91 Å². The number of hydrogen-bond donors (Lipinski definition) is 2. The maximum atomic E-state index is 12.0. The Bertz CT molecular complexity index is 388. The number of aliphatic carboxylic acids is 1. The molecule has 0 aliphatic heterocycles. The van der Waals surface area contributed by atoms with Gasteiger partial charge in [-0.25, -0.2) is 4.79 Å². The van der Waals surface area contributed by atoms with Crippen molar-refractivity contribution in [2.75, 3.05) is 0 Å². The molecule has 2 N–H and O–H groups in total. The molecule has 0 aliphatic carbocycles. The van der Waals surface area contributed by atoms with Gasteiger partial charge in [-0.3, -0.25) is 9.59 Å². The lowest BCUT2D eigenvalue weighted by Gasteiger charge is -2.21. The first kappa shape index (κ1) is 21.5. The Morgan fingerprint density at radius 2 is 1.29 bits per heavy atom. The summed E-state index contributed by atoms with van der Waals surface area (Å²) in [7, 11) is 0. The van der Waals surface area contributed by atoms with E-state index in [0.29, 0.717) is 0 Å². The molecule has 0 aliphatic rings. The van der Waals surface area contributed by atoms with E-state index in [1.165, 1.54) is 13.8 Å². The van der Waals surface area contributed by atoms with Crippen LogP contribution in [0.3, 0.4) is 0 Å². The van der Waals surface area contributed by atoms with Gasteiger partial charge in [-0.1, -0.05) is 13.8 Å². The second kappa shape index (κ2) is 7.84. The van der Waals surface area contributed by atoms with Crippen LogP contribution in [0.1, 0.15) is 20.8 Å². The van der Waals surface area contributed by atoms with E-state index in [-0.39, 0.29) is 0 Å². The van der Waals surface area contributed by atoms with Gasteiger partial charge in [-0.15, -0.1) is 0 Å². The molecule has 1 atom stereocenters. The van der Waals surface area contributed by atoms with E-state index in [9.17, 15) is 35.9 Å². The molecule has 0 spiro atoms. The average molecular weight is 325 g/mol. The van der Waals surface area contributed by atoms with Crippen molar-refractivity contribution in [3.05, 3.63) is 0 Å². The maximum Gasteiger partial charge on any atom is 0.490 e. The van der Waals surface area contributed by atoms with Crippen molar-refractivity contribution in [2.24, 2.45) is 5.92 Å². The minimum Gasteiger partial charge on any atom is -0.475 e. The summed E-state index contributed by atoms with van der Waals surface area (Å²) in [5, 5.41) is 9.10. The number of nitrogens with one attached hydrogen (secondary N) is 1. The fourth-order valence-corrected chi connectivity index (χ4v) is 0.930. The number of carbonyl (C=O) groups excluding carboxylic acids is 2. The quantitative estimate of drug-likeness (QED) is 0.777. The zero-order valence-corrected chi connectivity index (χ0v) is 11.1. The van der Waals surface area contributed by atoms with Gasteiger partial charge in [0.15, 0.2) is 0 Å². The molecule has 0 heterocycles. The average Bonchev–Trinajstić information content (AvgIpc) is 2.22. The summed E-state index contributed by atoms with van der Waals surface area (Å²) >= 11 is 0. The standard InChI is InChI=1S/C8H12F3NO2.C2HF3O2/c1-4(2)6(12-5(3)13)7(14)8(9,10)11;3-2(4,5)1(6)7/h4,6H,1-3H3,(H,12,13);(H,6,7). The van der Waals surface area contributed by atoms with Gasteiger partial charge >= 0.3 is 18.3 Å². The van der Waals surface area contributed by atoms with Crippen LogP contribution in [0.25, 0.3) is 0 Å². The molecule has 0 bridgehead atoms. The lowest BCUT2D eigenvalue weighted by molar-refractivity contribution is -0.192. The largest absolute Gasteiger partial charge is 0.490 e. The van der Waals surface area contributed by atoms with E-state index >= 15 is 0 Å². The number of halogens is 6. The lowest BCUT2D eigenvalue weighted by Crippen LogP contribution is -2.49. The summed E-state index contributed by atoms with van der Waals surface area (Å²) in [6, 6.07) is -1.49. The first-order valence-corrected chi connectivity index (χ1v) is 5.29. The fourth-order valence-electron chi connectivity index (χ4n) is 0.930. The predicted molar refractivity (Wildman–Crippen MR) is 57.2 cm³/mol. The molecule has 0 aromatic rings. The Morgan fingerprint density at radius 3 is 1.43 bits per heavy atom. The molecule has 0 rings (SSSR count). The Kier molecular flexibility index (Phi) is 8.02.